The van der Waals surface area contributed by atoms with Crippen LogP contribution in [0.4, 0.5) is 5.69 Å². The number of nitrogens with zero attached hydrogens (tertiary/aromatic N) is 3. The number of anilines is 1. The van der Waals surface area contributed by atoms with Crippen molar-refractivity contribution in [3.8, 4) is 0 Å². The van der Waals surface area contributed by atoms with Crippen molar-refractivity contribution in [3.05, 3.63) is 24.2 Å². The third kappa shape index (κ3) is 2.78. The zero-order chi connectivity index (χ0) is 13.9. The van der Waals surface area contributed by atoms with Gasteiger partial charge >= 0.3 is 0 Å². The van der Waals surface area contributed by atoms with Crippen LogP contribution < -0.4 is 10.6 Å². The summed E-state index contributed by atoms with van der Waals surface area (Å²) in [4.78, 5) is 16.4. The molecular formula is C13H17N5O2. The highest BCUT2D eigenvalue weighted by atomic mass is 16.5. The summed E-state index contributed by atoms with van der Waals surface area (Å²) in [7, 11) is 0. The average Bonchev–Trinajstić information content (AvgIpc) is 2.81. The van der Waals surface area contributed by atoms with Crippen molar-refractivity contribution in [1.29, 1.82) is 0 Å². The van der Waals surface area contributed by atoms with Gasteiger partial charge in [-0.05, 0) is 19.1 Å². The van der Waals surface area contributed by atoms with E-state index in [1.165, 1.54) is 0 Å². The van der Waals surface area contributed by atoms with Crippen LogP contribution in [0.25, 0.3) is 5.65 Å². The first-order chi connectivity index (χ1) is 9.72. The highest BCUT2D eigenvalue weighted by Gasteiger charge is 2.17. The Morgan fingerprint density at radius 1 is 1.65 bits per heavy atom. The van der Waals surface area contributed by atoms with Gasteiger partial charge in [-0.25, -0.2) is 9.50 Å². The number of ether oxygens (including phenoxy) is 1. The fourth-order valence-corrected chi connectivity index (χ4v) is 2.29. The topological polar surface area (TPSA) is 80.5 Å². The van der Waals surface area contributed by atoms with Crippen LogP contribution >= 0.6 is 0 Å². The van der Waals surface area contributed by atoms with Gasteiger partial charge in [0.25, 0.3) is 0 Å². The molecule has 2 aromatic rings. The van der Waals surface area contributed by atoms with E-state index < -0.39 is 0 Å². The molecule has 1 atom stereocenters. The first-order valence-corrected chi connectivity index (χ1v) is 6.65. The Morgan fingerprint density at radius 3 is 3.35 bits per heavy atom. The molecule has 3 rings (SSSR count). The van der Waals surface area contributed by atoms with Crippen molar-refractivity contribution >= 4 is 17.2 Å². The van der Waals surface area contributed by atoms with Gasteiger partial charge in [-0.2, -0.15) is 5.10 Å². The number of morpholine rings is 1. The van der Waals surface area contributed by atoms with Crippen LogP contribution in [0.3, 0.4) is 0 Å². The van der Waals surface area contributed by atoms with Crippen molar-refractivity contribution in [1.82, 2.24) is 19.9 Å². The number of rotatable bonds is 3. The van der Waals surface area contributed by atoms with E-state index in [9.17, 15) is 4.79 Å². The average molecular weight is 275 g/mol. The SMILES string of the molecule is Cc1nc2c(NC(=O)CC3COCCN3)cccn2n1. The van der Waals surface area contributed by atoms with Crippen molar-refractivity contribution in [2.75, 3.05) is 25.1 Å². The molecule has 0 bridgehead atoms. The number of pyridine rings is 1. The highest BCUT2D eigenvalue weighted by Crippen LogP contribution is 2.15. The Hall–Kier alpha value is -1.99. The first kappa shape index (κ1) is 13.0. The standard InChI is InChI=1S/C13H17N5O2/c1-9-15-13-11(3-2-5-18(13)17-9)16-12(19)7-10-8-20-6-4-14-10/h2-3,5,10,14H,4,6-8H2,1H3,(H,16,19). The smallest absolute Gasteiger partial charge is 0.226 e. The largest absolute Gasteiger partial charge is 0.378 e. The van der Waals surface area contributed by atoms with Crippen LogP contribution in [0.2, 0.25) is 0 Å². The van der Waals surface area contributed by atoms with E-state index in [-0.39, 0.29) is 11.9 Å². The van der Waals surface area contributed by atoms with Gasteiger partial charge in [-0.1, -0.05) is 0 Å². The first-order valence-electron chi connectivity index (χ1n) is 6.65. The third-order valence-corrected chi connectivity index (χ3v) is 3.17. The molecule has 0 aromatic carbocycles. The van der Waals surface area contributed by atoms with Gasteiger partial charge in [-0.15, -0.1) is 0 Å². The number of aromatic nitrogens is 3. The number of hydrogen-bond acceptors (Lipinski definition) is 5. The van der Waals surface area contributed by atoms with Crippen molar-refractivity contribution in [2.24, 2.45) is 0 Å². The molecule has 7 heteroatoms. The lowest BCUT2D eigenvalue weighted by atomic mass is 10.2. The number of carbonyl (C=O) groups is 1. The van der Waals surface area contributed by atoms with Gasteiger partial charge in [-0.3, -0.25) is 4.79 Å². The van der Waals surface area contributed by atoms with E-state index in [0.29, 0.717) is 36.8 Å². The van der Waals surface area contributed by atoms with Crippen molar-refractivity contribution < 1.29 is 9.53 Å². The number of hydrogen-bond donors (Lipinski definition) is 2. The molecule has 1 amide bonds. The molecule has 7 nitrogen and oxygen atoms in total. The molecule has 2 N–H and O–H groups in total. The molecule has 20 heavy (non-hydrogen) atoms. The van der Waals surface area contributed by atoms with Crippen LogP contribution in [0.1, 0.15) is 12.2 Å². The zero-order valence-corrected chi connectivity index (χ0v) is 11.3. The van der Waals surface area contributed by atoms with E-state index in [4.69, 9.17) is 4.74 Å². The lowest BCUT2D eigenvalue weighted by molar-refractivity contribution is -0.117. The maximum Gasteiger partial charge on any atom is 0.226 e. The highest BCUT2D eigenvalue weighted by molar-refractivity contribution is 5.94. The second-order valence-corrected chi connectivity index (χ2v) is 4.83. The molecule has 1 fully saturated rings. The lowest BCUT2D eigenvalue weighted by Crippen LogP contribution is -2.43. The second kappa shape index (κ2) is 5.56. The predicted molar refractivity (Wildman–Crippen MR) is 73.6 cm³/mol. The molecule has 1 saturated heterocycles. The molecule has 0 spiro atoms. The Bertz CT molecular complexity index is 618. The van der Waals surface area contributed by atoms with Crippen molar-refractivity contribution in [3.63, 3.8) is 0 Å². The molecule has 0 aliphatic carbocycles. The zero-order valence-electron chi connectivity index (χ0n) is 11.3. The quantitative estimate of drug-likeness (QED) is 0.845. The van der Waals surface area contributed by atoms with E-state index in [0.717, 1.165) is 6.54 Å². The van der Waals surface area contributed by atoms with Gasteiger partial charge < -0.3 is 15.4 Å². The van der Waals surface area contributed by atoms with E-state index in [2.05, 4.69) is 20.7 Å². The summed E-state index contributed by atoms with van der Waals surface area (Å²) in [5.41, 5.74) is 1.33. The monoisotopic (exact) mass is 275 g/mol. The van der Waals surface area contributed by atoms with Crippen LogP contribution in [0.5, 0.6) is 0 Å². The second-order valence-electron chi connectivity index (χ2n) is 4.83. The predicted octanol–water partition coefficient (Wildman–Crippen LogP) is 0.355. The Kier molecular flexibility index (Phi) is 3.62. The molecule has 1 aliphatic rings. The molecule has 3 heterocycles. The summed E-state index contributed by atoms with van der Waals surface area (Å²) < 4.78 is 7.00. The minimum absolute atomic E-state index is 0.0539. The molecule has 2 aromatic heterocycles. The summed E-state index contributed by atoms with van der Waals surface area (Å²) in [6.07, 6.45) is 2.19. The molecule has 1 unspecified atom stereocenters. The molecule has 1 aliphatic heterocycles. The maximum absolute atomic E-state index is 12.1. The van der Waals surface area contributed by atoms with Gasteiger partial charge in [0.05, 0.1) is 18.9 Å². The lowest BCUT2D eigenvalue weighted by Gasteiger charge is -2.23. The fraction of sp³-hybridized carbons (Fsp3) is 0.462. The Balaban J connectivity index is 1.70. The summed E-state index contributed by atoms with van der Waals surface area (Å²) in [5, 5.41) is 10.4. The number of carbonyl (C=O) groups excluding carboxylic acids is 1. The number of fused-ring (bicyclic) bond motifs is 1. The molecule has 0 saturated carbocycles. The minimum atomic E-state index is -0.0539. The Labute approximate surface area is 116 Å². The molecule has 106 valence electrons. The maximum atomic E-state index is 12.1. The molecule has 0 radical (unpaired) electrons. The normalized spacial score (nSPS) is 19.1. The number of nitrogens with one attached hydrogen (secondary N) is 2. The van der Waals surface area contributed by atoms with E-state index >= 15 is 0 Å². The van der Waals surface area contributed by atoms with Crippen LogP contribution in [0.15, 0.2) is 18.3 Å². The van der Waals surface area contributed by atoms with E-state index in [1.54, 1.807) is 4.52 Å². The summed E-state index contributed by atoms with van der Waals surface area (Å²) in [6, 6.07) is 3.73. The number of amides is 1. The number of aryl methyl sites for hydroxylation is 1. The van der Waals surface area contributed by atoms with Gasteiger partial charge in [0.2, 0.25) is 5.91 Å². The molecular weight excluding hydrogens is 258 g/mol. The van der Waals surface area contributed by atoms with Gasteiger partial charge in [0.15, 0.2) is 5.65 Å². The van der Waals surface area contributed by atoms with Crippen LogP contribution in [0, 0.1) is 6.92 Å². The van der Waals surface area contributed by atoms with Crippen LogP contribution in [-0.4, -0.2) is 46.3 Å². The van der Waals surface area contributed by atoms with Crippen molar-refractivity contribution in [2.45, 2.75) is 19.4 Å². The summed E-state index contributed by atoms with van der Waals surface area (Å²) >= 11 is 0. The summed E-state index contributed by atoms with van der Waals surface area (Å²) in [5.74, 6) is 0.621. The third-order valence-electron chi connectivity index (χ3n) is 3.17. The summed E-state index contributed by atoms with van der Waals surface area (Å²) in [6.45, 7) is 3.89. The van der Waals surface area contributed by atoms with Gasteiger partial charge in [0, 0.05) is 25.2 Å². The minimum Gasteiger partial charge on any atom is -0.378 e. The van der Waals surface area contributed by atoms with E-state index in [1.807, 2.05) is 25.3 Å². The van der Waals surface area contributed by atoms with Crippen LogP contribution in [-0.2, 0) is 9.53 Å². The Morgan fingerprint density at radius 2 is 2.55 bits per heavy atom. The van der Waals surface area contributed by atoms with Gasteiger partial charge in [0.1, 0.15) is 5.82 Å². The fourth-order valence-electron chi connectivity index (χ4n) is 2.29.